The van der Waals surface area contributed by atoms with Gasteiger partial charge in [-0.15, -0.1) is 0 Å². The Morgan fingerprint density at radius 2 is 2.09 bits per heavy atom. The summed E-state index contributed by atoms with van der Waals surface area (Å²) in [5.74, 6) is -0.306. The van der Waals surface area contributed by atoms with E-state index in [0.717, 1.165) is 12.0 Å². The molecule has 2 atom stereocenters. The first kappa shape index (κ1) is 15.0. The molecular weight excluding hydrogens is 284 g/mol. The van der Waals surface area contributed by atoms with E-state index in [9.17, 15) is 9.59 Å². The van der Waals surface area contributed by atoms with E-state index < -0.39 is 12.1 Å². The Bertz CT molecular complexity index is 542. The first-order valence-corrected chi connectivity index (χ1v) is 7.62. The summed E-state index contributed by atoms with van der Waals surface area (Å²) < 4.78 is 5.60. The van der Waals surface area contributed by atoms with E-state index in [1.165, 1.54) is 5.06 Å². The first-order valence-electron chi connectivity index (χ1n) is 7.62. The van der Waals surface area contributed by atoms with Crippen molar-refractivity contribution in [3.8, 4) is 0 Å². The van der Waals surface area contributed by atoms with Crippen molar-refractivity contribution in [2.24, 2.45) is 0 Å². The van der Waals surface area contributed by atoms with E-state index in [0.29, 0.717) is 19.7 Å². The second-order valence-electron chi connectivity index (χ2n) is 5.39. The van der Waals surface area contributed by atoms with Crippen molar-refractivity contribution in [2.45, 2.75) is 25.5 Å². The van der Waals surface area contributed by atoms with Crippen LogP contribution < -0.4 is 0 Å². The van der Waals surface area contributed by atoms with Crippen LogP contribution in [0.3, 0.4) is 0 Å². The minimum absolute atomic E-state index is 0.0680. The number of carbonyl (C=O) groups is 2. The van der Waals surface area contributed by atoms with Crippen molar-refractivity contribution in [1.82, 2.24) is 9.96 Å². The third kappa shape index (κ3) is 2.71. The Labute approximate surface area is 129 Å². The number of morpholine rings is 1. The molecule has 2 aliphatic heterocycles. The molecule has 6 nitrogen and oxygen atoms in total. The second-order valence-corrected chi connectivity index (χ2v) is 5.39. The van der Waals surface area contributed by atoms with Crippen LogP contribution >= 0.6 is 0 Å². The summed E-state index contributed by atoms with van der Waals surface area (Å²) in [7, 11) is 0. The fraction of sp³-hybridized carbons (Fsp3) is 0.500. The highest BCUT2D eigenvalue weighted by Crippen LogP contribution is 2.31. The average molecular weight is 304 g/mol. The molecule has 0 radical (unpaired) electrons. The summed E-state index contributed by atoms with van der Waals surface area (Å²) in [6.45, 7) is 3.49. The minimum atomic E-state index is -0.724. The first-order chi connectivity index (χ1) is 10.7. The zero-order valence-electron chi connectivity index (χ0n) is 12.6. The van der Waals surface area contributed by atoms with Crippen LogP contribution in [0.5, 0.6) is 0 Å². The van der Waals surface area contributed by atoms with E-state index in [4.69, 9.17) is 9.57 Å². The Morgan fingerprint density at radius 3 is 2.73 bits per heavy atom. The summed E-state index contributed by atoms with van der Waals surface area (Å²) >= 11 is 0. The maximum atomic E-state index is 12.7. The summed E-state index contributed by atoms with van der Waals surface area (Å²) in [6, 6.07) is 9.13. The number of hydroxylamine groups is 2. The molecule has 0 unspecified atom stereocenters. The number of rotatable bonds is 3. The molecule has 2 saturated heterocycles. The Morgan fingerprint density at radius 1 is 1.32 bits per heavy atom. The van der Waals surface area contributed by atoms with Crippen molar-refractivity contribution in [1.29, 1.82) is 0 Å². The van der Waals surface area contributed by atoms with Gasteiger partial charge < -0.3 is 9.64 Å². The molecule has 2 amide bonds. The van der Waals surface area contributed by atoms with E-state index >= 15 is 0 Å². The van der Waals surface area contributed by atoms with Crippen LogP contribution in [0, 0.1) is 0 Å². The molecule has 3 rings (SSSR count). The number of benzene rings is 1. The van der Waals surface area contributed by atoms with Crippen LogP contribution in [0.4, 0.5) is 0 Å². The fourth-order valence-electron chi connectivity index (χ4n) is 3.00. The van der Waals surface area contributed by atoms with Crippen LogP contribution in [-0.4, -0.2) is 54.2 Å². The molecule has 0 aliphatic carbocycles. The number of amides is 2. The minimum Gasteiger partial charge on any atom is -0.356 e. The quantitative estimate of drug-likeness (QED) is 0.840. The second kappa shape index (κ2) is 6.46. The smallest absolute Gasteiger partial charge is 0.277 e. The zero-order chi connectivity index (χ0) is 15.5. The van der Waals surface area contributed by atoms with E-state index in [1.807, 2.05) is 37.3 Å². The molecule has 118 valence electrons. The monoisotopic (exact) mass is 304 g/mol. The number of ether oxygens (including phenoxy) is 1. The summed E-state index contributed by atoms with van der Waals surface area (Å²) in [4.78, 5) is 31.9. The van der Waals surface area contributed by atoms with Gasteiger partial charge in [-0.2, -0.15) is 0 Å². The zero-order valence-corrected chi connectivity index (χ0v) is 12.6. The molecule has 2 fully saturated rings. The number of likely N-dealkylation sites (N-methyl/N-ethyl adjacent to an activating group) is 1. The Kier molecular flexibility index (Phi) is 4.40. The van der Waals surface area contributed by atoms with Crippen LogP contribution in [0.2, 0.25) is 0 Å². The average Bonchev–Trinajstić information content (AvgIpc) is 3.09. The number of hydrogen-bond acceptors (Lipinski definition) is 4. The molecular formula is C16H20N2O4. The molecule has 0 spiro atoms. The number of hydrogen-bond donors (Lipinski definition) is 0. The molecule has 0 bridgehead atoms. The van der Waals surface area contributed by atoms with Crippen molar-refractivity contribution in [3.63, 3.8) is 0 Å². The summed E-state index contributed by atoms with van der Waals surface area (Å²) in [5.41, 5.74) is 0.898. The maximum absolute atomic E-state index is 12.7. The largest absolute Gasteiger partial charge is 0.356 e. The van der Waals surface area contributed by atoms with Gasteiger partial charge in [0.15, 0.2) is 6.10 Å². The lowest BCUT2D eigenvalue weighted by atomic mass is 9.97. The molecule has 1 aromatic rings. The standard InChI is InChI=1S/C16H20N2O4/c1-2-17-13(19)11-21-15(16(20)18-9-6-10-22-18)14(17)12-7-4-3-5-8-12/h3-5,7-8,14-15H,2,6,9-11H2,1H3/t14-,15+/m1/s1. The van der Waals surface area contributed by atoms with Gasteiger partial charge in [0.05, 0.1) is 19.2 Å². The summed E-state index contributed by atoms with van der Waals surface area (Å²) in [5, 5.41) is 1.37. The fourth-order valence-corrected chi connectivity index (χ4v) is 3.00. The highest BCUT2D eigenvalue weighted by atomic mass is 16.7. The van der Waals surface area contributed by atoms with Crippen molar-refractivity contribution in [2.75, 3.05) is 26.3 Å². The van der Waals surface area contributed by atoms with Crippen molar-refractivity contribution < 1.29 is 19.2 Å². The van der Waals surface area contributed by atoms with Gasteiger partial charge in [0.1, 0.15) is 6.61 Å². The van der Waals surface area contributed by atoms with Crippen LogP contribution in [0.25, 0.3) is 0 Å². The normalized spacial score (nSPS) is 25.6. The van der Waals surface area contributed by atoms with Gasteiger partial charge in [-0.25, -0.2) is 5.06 Å². The van der Waals surface area contributed by atoms with Gasteiger partial charge in [0.2, 0.25) is 5.91 Å². The molecule has 0 N–H and O–H groups in total. The van der Waals surface area contributed by atoms with Crippen molar-refractivity contribution >= 4 is 11.8 Å². The van der Waals surface area contributed by atoms with Gasteiger partial charge in [-0.3, -0.25) is 14.4 Å². The van der Waals surface area contributed by atoms with Gasteiger partial charge in [0, 0.05) is 6.54 Å². The van der Waals surface area contributed by atoms with Crippen LogP contribution in [0.1, 0.15) is 24.9 Å². The van der Waals surface area contributed by atoms with E-state index in [-0.39, 0.29) is 18.4 Å². The lowest BCUT2D eigenvalue weighted by Crippen LogP contribution is -2.54. The SMILES string of the molecule is CCN1C(=O)CO[C@H](C(=O)N2CCCO2)[C@H]1c1ccccc1. The Balaban J connectivity index is 1.92. The Hall–Kier alpha value is -1.92. The van der Waals surface area contributed by atoms with Crippen molar-refractivity contribution in [3.05, 3.63) is 35.9 Å². The molecule has 2 aliphatic rings. The third-order valence-corrected chi connectivity index (χ3v) is 4.05. The predicted octanol–water partition coefficient (Wildman–Crippen LogP) is 1.14. The predicted molar refractivity (Wildman–Crippen MR) is 78.6 cm³/mol. The number of nitrogens with zero attached hydrogens (tertiary/aromatic N) is 2. The number of carbonyl (C=O) groups excluding carboxylic acids is 2. The van der Waals surface area contributed by atoms with Gasteiger partial charge in [-0.1, -0.05) is 30.3 Å². The van der Waals surface area contributed by atoms with Gasteiger partial charge >= 0.3 is 0 Å². The van der Waals surface area contributed by atoms with E-state index in [2.05, 4.69) is 0 Å². The highest BCUT2D eigenvalue weighted by molar-refractivity contribution is 5.86. The third-order valence-electron chi connectivity index (χ3n) is 4.05. The van der Waals surface area contributed by atoms with Gasteiger partial charge in [-0.05, 0) is 18.9 Å². The summed E-state index contributed by atoms with van der Waals surface area (Å²) in [6.07, 6.45) is 0.100. The highest BCUT2D eigenvalue weighted by Gasteiger charge is 2.43. The van der Waals surface area contributed by atoms with Crippen LogP contribution in [0.15, 0.2) is 30.3 Å². The molecule has 6 heteroatoms. The molecule has 0 saturated carbocycles. The van der Waals surface area contributed by atoms with Gasteiger partial charge in [0.25, 0.3) is 5.91 Å². The topological polar surface area (TPSA) is 59.1 Å². The molecule has 1 aromatic carbocycles. The molecule has 2 heterocycles. The molecule has 22 heavy (non-hydrogen) atoms. The van der Waals surface area contributed by atoms with Crippen LogP contribution in [-0.2, 0) is 19.2 Å². The van der Waals surface area contributed by atoms with E-state index in [1.54, 1.807) is 4.90 Å². The lowest BCUT2D eigenvalue weighted by Gasteiger charge is -2.40. The lowest BCUT2D eigenvalue weighted by molar-refractivity contribution is -0.193. The molecule has 0 aromatic heterocycles. The maximum Gasteiger partial charge on any atom is 0.277 e.